The van der Waals surface area contributed by atoms with Crippen LogP contribution in [0.4, 0.5) is 11.6 Å². The van der Waals surface area contributed by atoms with Crippen LogP contribution in [0.1, 0.15) is 0 Å². The van der Waals surface area contributed by atoms with E-state index in [4.69, 9.17) is 30.4 Å². The Labute approximate surface area is 226 Å². The first-order valence-electron chi connectivity index (χ1n) is 12.1. The standard InChI is InChI=1S/C28H30N6O5/c1-36-24-15-18(38-14-13-29)9-11-21(24)23-6-4-8-27(32-23)33-34-28(35)17-39-19-10-12-20(25(16-19)37-2)22-5-3-7-26(30)31-22/h3-12,15-16H,13-14,17,29H2,1-2H3,(H2,30,31)(H,32,33)(H,34,35). The van der Waals surface area contributed by atoms with Crippen molar-refractivity contribution in [2.24, 2.45) is 5.73 Å². The fraction of sp³-hybridized carbons (Fsp3) is 0.179. The number of anilines is 2. The lowest BCUT2D eigenvalue weighted by molar-refractivity contribution is -0.122. The van der Waals surface area contributed by atoms with Crippen LogP contribution in [0.5, 0.6) is 23.0 Å². The zero-order valence-electron chi connectivity index (χ0n) is 21.6. The second-order valence-corrected chi connectivity index (χ2v) is 8.18. The van der Waals surface area contributed by atoms with E-state index in [0.717, 1.165) is 11.1 Å². The Morgan fingerprint density at radius 2 is 1.44 bits per heavy atom. The third kappa shape index (κ3) is 7.05. The van der Waals surface area contributed by atoms with Gasteiger partial charge in [0.15, 0.2) is 6.61 Å². The van der Waals surface area contributed by atoms with Gasteiger partial charge < -0.3 is 30.4 Å². The topological polar surface area (TPSA) is 156 Å². The number of rotatable bonds is 12. The van der Waals surface area contributed by atoms with Gasteiger partial charge in [-0.3, -0.25) is 15.6 Å². The van der Waals surface area contributed by atoms with Crippen molar-refractivity contribution < 1.29 is 23.7 Å². The zero-order valence-corrected chi connectivity index (χ0v) is 21.6. The Bertz CT molecular complexity index is 1430. The van der Waals surface area contributed by atoms with Crippen molar-refractivity contribution in [2.75, 3.05) is 45.1 Å². The molecule has 0 aliphatic carbocycles. The molecule has 4 rings (SSSR count). The molecule has 0 bridgehead atoms. The molecule has 0 saturated carbocycles. The Morgan fingerprint density at radius 1 is 0.821 bits per heavy atom. The quantitative estimate of drug-likeness (QED) is 0.201. The van der Waals surface area contributed by atoms with Crippen LogP contribution in [-0.2, 0) is 4.79 Å². The van der Waals surface area contributed by atoms with Crippen LogP contribution in [0.3, 0.4) is 0 Å². The molecule has 39 heavy (non-hydrogen) atoms. The SMILES string of the molecule is COc1cc(OCC(=O)NNc2cccc(-c3ccc(OCCN)cc3OC)n2)ccc1-c1cccc(N)n1. The highest BCUT2D eigenvalue weighted by Crippen LogP contribution is 2.34. The molecule has 2 aromatic carbocycles. The second-order valence-electron chi connectivity index (χ2n) is 8.18. The monoisotopic (exact) mass is 530 g/mol. The molecule has 0 unspecified atom stereocenters. The van der Waals surface area contributed by atoms with Gasteiger partial charge in [-0.25, -0.2) is 9.97 Å². The van der Waals surface area contributed by atoms with E-state index in [1.165, 1.54) is 0 Å². The summed E-state index contributed by atoms with van der Waals surface area (Å²) in [6.07, 6.45) is 0. The van der Waals surface area contributed by atoms with E-state index in [0.29, 0.717) is 59.2 Å². The molecular weight excluding hydrogens is 500 g/mol. The molecule has 2 aromatic heterocycles. The normalized spacial score (nSPS) is 10.4. The number of carbonyl (C=O) groups is 1. The first-order chi connectivity index (χ1) is 19.0. The number of benzene rings is 2. The van der Waals surface area contributed by atoms with Gasteiger partial charge in [-0.05, 0) is 48.5 Å². The summed E-state index contributed by atoms with van der Waals surface area (Å²) >= 11 is 0. The fourth-order valence-corrected chi connectivity index (χ4v) is 3.70. The Balaban J connectivity index is 1.36. The highest BCUT2D eigenvalue weighted by molar-refractivity contribution is 5.79. The van der Waals surface area contributed by atoms with Crippen LogP contribution in [0, 0.1) is 0 Å². The van der Waals surface area contributed by atoms with Gasteiger partial charge in [0.25, 0.3) is 5.91 Å². The largest absolute Gasteiger partial charge is 0.496 e. The lowest BCUT2D eigenvalue weighted by Crippen LogP contribution is -2.34. The number of aromatic nitrogens is 2. The van der Waals surface area contributed by atoms with Crippen molar-refractivity contribution in [2.45, 2.75) is 0 Å². The molecule has 0 atom stereocenters. The van der Waals surface area contributed by atoms with Crippen LogP contribution in [0.25, 0.3) is 22.5 Å². The Morgan fingerprint density at radius 3 is 2.05 bits per heavy atom. The van der Waals surface area contributed by atoms with E-state index < -0.39 is 5.91 Å². The molecule has 0 radical (unpaired) electrons. The third-order valence-corrected chi connectivity index (χ3v) is 5.50. The summed E-state index contributed by atoms with van der Waals surface area (Å²) in [5, 5.41) is 0. The van der Waals surface area contributed by atoms with Crippen molar-refractivity contribution in [3.63, 3.8) is 0 Å². The van der Waals surface area contributed by atoms with Gasteiger partial charge >= 0.3 is 0 Å². The van der Waals surface area contributed by atoms with Crippen LogP contribution >= 0.6 is 0 Å². The lowest BCUT2D eigenvalue weighted by atomic mass is 10.1. The summed E-state index contributed by atoms with van der Waals surface area (Å²) in [7, 11) is 3.12. The predicted octanol–water partition coefficient (Wildman–Crippen LogP) is 3.27. The fourth-order valence-electron chi connectivity index (χ4n) is 3.70. The summed E-state index contributed by atoms with van der Waals surface area (Å²) in [5.74, 6) is 2.69. The number of nitrogens with one attached hydrogen (secondary N) is 2. The molecule has 2 heterocycles. The number of nitrogen functional groups attached to an aromatic ring is 1. The number of carbonyl (C=O) groups excluding carboxylic acids is 1. The van der Waals surface area contributed by atoms with Crippen molar-refractivity contribution in [3.05, 3.63) is 72.8 Å². The number of pyridine rings is 2. The smallest absolute Gasteiger partial charge is 0.276 e. The number of hydrogen-bond acceptors (Lipinski definition) is 10. The number of nitrogens with zero attached hydrogens (tertiary/aromatic N) is 2. The molecule has 0 aliphatic rings. The molecule has 11 nitrogen and oxygen atoms in total. The average molecular weight is 531 g/mol. The van der Waals surface area contributed by atoms with Gasteiger partial charge in [-0.2, -0.15) is 0 Å². The third-order valence-electron chi connectivity index (χ3n) is 5.50. The predicted molar refractivity (Wildman–Crippen MR) is 149 cm³/mol. The van der Waals surface area contributed by atoms with E-state index in [9.17, 15) is 4.79 Å². The molecule has 6 N–H and O–H groups in total. The van der Waals surface area contributed by atoms with Gasteiger partial charge in [0.1, 0.15) is 41.2 Å². The van der Waals surface area contributed by atoms with Gasteiger partial charge in [0.2, 0.25) is 0 Å². The van der Waals surface area contributed by atoms with Crippen LogP contribution in [-0.4, -0.2) is 49.9 Å². The molecular formula is C28H30N6O5. The van der Waals surface area contributed by atoms with E-state index in [-0.39, 0.29) is 6.61 Å². The van der Waals surface area contributed by atoms with E-state index >= 15 is 0 Å². The number of ether oxygens (including phenoxy) is 4. The molecule has 4 aromatic rings. The van der Waals surface area contributed by atoms with Crippen molar-refractivity contribution in [3.8, 4) is 45.5 Å². The van der Waals surface area contributed by atoms with Crippen LogP contribution in [0.2, 0.25) is 0 Å². The number of amides is 1. The van der Waals surface area contributed by atoms with Gasteiger partial charge in [0.05, 0.1) is 25.6 Å². The minimum Gasteiger partial charge on any atom is -0.496 e. The molecule has 0 aliphatic heterocycles. The molecule has 0 fully saturated rings. The Hall–Kier alpha value is -5.03. The summed E-state index contributed by atoms with van der Waals surface area (Å²) in [4.78, 5) is 21.3. The summed E-state index contributed by atoms with van der Waals surface area (Å²) in [6, 6.07) is 21.4. The van der Waals surface area contributed by atoms with Gasteiger partial charge in [-0.15, -0.1) is 0 Å². The molecule has 0 spiro atoms. The highest BCUT2D eigenvalue weighted by atomic mass is 16.5. The average Bonchev–Trinajstić information content (AvgIpc) is 2.97. The number of nitrogens with two attached hydrogens (primary N) is 2. The maximum Gasteiger partial charge on any atom is 0.276 e. The first-order valence-corrected chi connectivity index (χ1v) is 12.1. The highest BCUT2D eigenvalue weighted by Gasteiger charge is 2.12. The second kappa shape index (κ2) is 13.0. The van der Waals surface area contributed by atoms with Crippen LogP contribution < -0.4 is 41.3 Å². The maximum absolute atomic E-state index is 12.4. The number of methoxy groups -OCH3 is 2. The first kappa shape index (κ1) is 27.0. The van der Waals surface area contributed by atoms with Gasteiger partial charge in [0, 0.05) is 29.8 Å². The lowest BCUT2D eigenvalue weighted by Gasteiger charge is -2.13. The maximum atomic E-state index is 12.4. The minimum absolute atomic E-state index is 0.232. The molecule has 11 heteroatoms. The minimum atomic E-state index is -0.401. The Kier molecular flexibility index (Phi) is 8.99. The van der Waals surface area contributed by atoms with Crippen molar-refractivity contribution >= 4 is 17.5 Å². The van der Waals surface area contributed by atoms with Crippen LogP contribution in [0.15, 0.2) is 72.8 Å². The molecule has 1 amide bonds. The van der Waals surface area contributed by atoms with Gasteiger partial charge in [-0.1, -0.05) is 12.1 Å². The number of hydrogen-bond donors (Lipinski definition) is 4. The van der Waals surface area contributed by atoms with Crippen molar-refractivity contribution in [1.82, 2.24) is 15.4 Å². The van der Waals surface area contributed by atoms with E-state index in [2.05, 4.69) is 20.8 Å². The summed E-state index contributed by atoms with van der Waals surface area (Å²) < 4.78 is 22.2. The number of hydrazine groups is 1. The zero-order chi connectivity index (χ0) is 27.6. The van der Waals surface area contributed by atoms with E-state index in [1.54, 1.807) is 50.6 Å². The summed E-state index contributed by atoms with van der Waals surface area (Å²) in [5.41, 5.74) is 19.5. The summed E-state index contributed by atoms with van der Waals surface area (Å²) in [6.45, 7) is 0.589. The van der Waals surface area contributed by atoms with E-state index in [1.807, 2.05) is 36.4 Å². The molecule has 202 valence electrons. The molecule has 0 saturated heterocycles. The van der Waals surface area contributed by atoms with Crippen molar-refractivity contribution in [1.29, 1.82) is 0 Å².